The van der Waals surface area contributed by atoms with Gasteiger partial charge in [-0.1, -0.05) is 35.0 Å². The molecule has 0 fully saturated rings. The Morgan fingerprint density at radius 3 is 2.78 bits per heavy atom. The van der Waals surface area contributed by atoms with Gasteiger partial charge in [-0.25, -0.2) is 13.1 Å². The summed E-state index contributed by atoms with van der Waals surface area (Å²) < 4.78 is 31.8. The molecule has 1 aromatic carbocycles. The van der Waals surface area contributed by atoms with E-state index in [-0.39, 0.29) is 10.8 Å². The number of rotatable bonds is 6. The average molecular weight is 370 g/mol. The first-order valence-electron chi connectivity index (χ1n) is 6.67. The Morgan fingerprint density at radius 1 is 1.22 bits per heavy atom. The van der Waals surface area contributed by atoms with E-state index in [0.717, 1.165) is 11.3 Å². The van der Waals surface area contributed by atoms with E-state index in [9.17, 15) is 8.42 Å². The molecule has 3 rings (SSSR count). The maximum atomic E-state index is 12.0. The highest BCUT2D eigenvalue weighted by molar-refractivity contribution is 7.91. The number of thiophene rings is 1. The van der Waals surface area contributed by atoms with Crippen LogP contribution in [0.2, 0.25) is 5.02 Å². The van der Waals surface area contributed by atoms with E-state index >= 15 is 0 Å². The minimum absolute atomic E-state index is 0.171. The van der Waals surface area contributed by atoms with Gasteiger partial charge in [-0.05, 0) is 23.6 Å². The quantitative estimate of drug-likeness (QED) is 0.722. The fourth-order valence-corrected chi connectivity index (χ4v) is 4.18. The van der Waals surface area contributed by atoms with Crippen LogP contribution in [0.4, 0.5) is 0 Å². The van der Waals surface area contributed by atoms with Crippen LogP contribution in [0, 0.1) is 0 Å². The number of halogens is 1. The van der Waals surface area contributed by atoms with Gasteiger partial charge in [0.2, 0.25) is 21.7 Å². The van der Waals surface area contributed by atoms with Crippen molar-refractivity contribution >= 4 is 33.0 Å². The highest BCUT2D eigenvalue weighted by Crippen LogP contribution is 2.24. The molecule has 0 atom stereocenters. The molecule has 2 heterocycles. The predicted molar refractivity (Wildman–Crippen MR) is 88.0 cm³/mol. The van der Waals surface area contributed by atoms with Gasteiger partial charge in [-0.3, -0.25) is 0 Å². The Balaban J connectivity index is 1.63. The Labute approximate surface area is 142 Å². The van der Waals surface area contributed by atoms with Crippen molar-refractivity contribution in [3.63, 3.8) is 0 Å². The Kier molecular flexibility index (Phi) is 4.76. The minimum Gasteiger partial charge on any atom is -0.339 e. The molecule has 120 valence electrons. The second-order valence-corrected chi connectivity index (χ2v) is 7.92. The van der Waals surface area contributed by atoms with Gasteiger partial charge in [0.05, 0.1) is 5.02 Å². The van der Waals surface area contributed by atoms with Crippen molar-refractivity contribution in [3.05, 3.63) is 52.7 Å². The highest BCUT2D eigenvalue weighted by atomic mass is 35.5. The topological polar surface area (TPSA) is 85.1 Å². The zero-order valence-corrected chi connectivity index (χ0v) is 14.2. The Morgan fingerprint density at radius 2 is 2.04 bits per heavy atom. The lowest BCUT2D eigenvalue weighted by Crippen LogP contribution is -2.25. The van der Waals surface area contributed by atoms with Gasteiger partial charge in [0, 0.05) is 18.5 Å². The second kappa shape index (κ2) is 6.79. The molecule has 6 nitrogen and oxygen atoms in total. The van der Waals surface area contributed by atoms with E-state index < -0.39 is 10.0 Å². The molecule has 0 unspecified atom stereocenters. The third-order valence-electron chi connectivity index (χ3n) is 2.97. The summed E-state index contributed by atoms with van der Waals surface area (Å²) in [7, 11) is -3.48. The van der Waals surface area contributed by atoms with Gasteiger partial charge in [0.1, 0.15) is 4.21 Å². The molecular weight excluding hydrogens is 358 g/mol. The smallest absolute Gasteiger partial charge is 0.250 e. The first-order valence-corrected chi connectivity index (χ1v) is 9.41. The van der Waals surface area contributed by atoms with Gasteiger partial charge in [-0.2, -0.15) is 4.98 Å². The molecule has 0 amide bonds. The molecule has 0 saturated carbocycles. The van der Waals surface area contributed by atoms with E-state index in [4.69, 9.17) is 16.1 Å². The van der Waals surface area contributed by atoms with Gasteiger partial charge < -0.3 is 4.52 Å². The molecule has 0 saturated heterocycles. The zero-order chi connectivity index (χ0) is 16.3. The largest absolute Gasteiger partial charge is 0.339 e. The van der Waals surface area contributed by atoms with E-state index in [1.54, 1.807) is 29.6 Å². The number of aromatic nitrogens is 2. The molecule has 2 aromatic heterocycles. The van der Waals surface area contributed by atoms with E-state index in [1.165, 1.54) is 0 Å². The molecule has 0 aliphatic rings. The number of nitrogens with zero attached hydrogens (tertiary/aromatic N) is 2. The number of nitrogens with one attached hydrogen (secondary N) is 1. The van der Waals surface area contributed by atoms with Crippen molar-refractivity contribution in [1.82, 2.24) is 14.9 Å². The second-order valence-electron chi connectivity index (χ2n) is 4.57. The monoisotopic (exact) mass is 369 g/mol. The van der Waals surface area contributed by atoms with Gasteiger partial charge in [0.25, 0.3) is 0 Å². The first kappa shape index (κ1) is 16.1. The normalized spacial score (nSPS) is 11.7. The Bertz CT molecular complexity index is 892. The van der Waals surface area contributed by atoms with Crippen molar-refractivity contribution in [1.29, 1.82) is 0 Å². The Hall–Kier alpha value is -1.74. The fraction of sp³-hybridized carbons (Fsp3) is 0.143. The average Bonchev–Trinajstić information content (AvgIpc) is 3.19. The lowest BCUT2D eigenvalue weighted by molar-refractivity contribution is 0.379. The van der Waals surface area contributed by atoms with Crippen molar-refractivity contribution in [2.24, 2.45) is 0 Å². The van der Waals surface area contributed by atoms with Crippen molar-refractivity contribution in [2.75, 3.05) is 6.54 Å². The molecule has 23 heavy (non-hydrogen) atoms. The zero-order valence-electron chi connectivity index (χ0n) is 11.8. The third kappa shape index (κ3) is 3.78. The summed E-state index contributed by atoms with van der Waals surface area (Å²) in [4.78, 5) is 4.23. The summed E-state index contributed by atoms with van der Waals surface area (Å²) in [6.45, 7) is 0.171. The molecule has 1 N–H and O–H groups in total. The van der Waals surface area contributed by atoms with Crippen molar-refractivity contribution in [3.8, 4) is 11.4 Å². The minimum atomic E-state index is -3.48. The summed E-state index contributed by atoms with van der Waals surface area (Å²) >= 11 is 7.24. The molecule has 0 radical (unpaired) electrons. The fourth-order valence-electron chi connectivity index (χ4n) is 1.89. The van der Waals surface area contributed by atoms with Crippen molar-refractivity contribution in [2.45, 2.75) is 10.6 Å². The molecule has 0 aliphatic heterocycles. The summed E-state index contributed by atoms with van der Waals surface area (Å²) in [6.07, 6.45) is 0.294. The number of hydrogen-bond acceptors (Lipinski definition) is 6. The van der Waals surface area contributed by atoms with E-state index in [0.29, 0.717) is 28.7 Å². The first-order chi connectivity index (χ1) is 11.1. The van der Waals surface area contributed by atoms with Crippen LogP contribution in [0.3, 0.4) is 0 Å². The molecule has 0 spiro atoms. The SMILES string of the molecule is O=S(=O)(NCCc1nc(-c2ccccc2Cl)no1)c1cccs1. The van der Waals surface area contributed by atoms with Crippen molar-refractivity contribution < 1.29 is 12.9 Å². The van der Waals surface area contributed by atoms with Crippen LogP contribution in [0.1, 0.15) is 5.89 Å². The summed E-state index contributed by atoms with van der Waals surface area (Å²) in [5.74, 6) is 0.723. The van der Waals surface area contributed by atoms with Gasteiger partial charge in [0.15, 0.2) is 0 Å². The maximum Gasteiger partial charge on any atom is 0.250 e. The van der Waals surface area contributed by atoms with Crippen LogP contribution in [-0.2, 0) is 16.4 Å². The predicted octanol–water partition coefficient (Wildman–Crippen LogP) is 2.97. The number of hydrogen-bond donors (Lipinski definition) is 1. The third-order valence-corrected chi connectivity index (χ3v) is 6.16. The van der Waals surface area contributed by atoms with Crippen LogP contribution >= 0.6 is 22.9 Å². The van der Waals surface area contributed by atoms with Crippen LogP contribution in [0.15, 0.2) is 50.5 Å². The summed E-state index contributed by atoms with van der Waals surface area (Å²) in [5.41, 5.74) is 0.670. The van der Waals surface area contributed by atoms with Gasteiger partial charge >= 0.3 is 0 Å². The summed E-state index contributed by atoms with van der Waals surface area (Å²) in [6, 6.07) is 10.4. The molecular formula is C14H12ClN3O3S2. The molecule has 0 bridgehead atoms. The lowest BCUT2D eigenvalue weighted by atomic mass is 10.2. The van der Waals surface area contributed by atoms with Gasteiger partial charge in [-0.15, -0.1) is 11.3 Å². The van der Waals surface area contributed by atoms with E-state index in [2.05, 4.69) is 14.9 Å². The van der Waals surface area contributed by atoms with E-state index in [1.807, 2.05) is 12.1 Å². The molecule has 0 aliphatic carbocycles. The standard InChI is InChI=1S/C14H12ClN3O3S2/c15-11-5-2-1-4-10(11)14-17-12(21-18-14)7-8-16-23(19,20)13-6-3-9-22-13/h1-6,9,16H,7-8H2. The van der Waals surface area contributed by atoms with Crippen LogP contribution in [0.25, 0.3) is 11.4 Å². The number of sulfonamides is 1. The maximum absolute atomic E-state index is 12.0. The number of benzene rings is 1. The summed E-state index contributed by atoms with van der Waals surface area (Å²) in [5, 5.41) is 6.10. The lowest BCUT2D eigenvalue weighted by Gasteiger charge is -2.02. The van der Waals surface area contributed by atoms with Crippen LogP contribution in [-0.4, -0.2) is 25.1 Å². The van der Waals surface area contributed by atoms with Crippen LogP contribution < -0.4 is 4.72 Å². The molecule has 9 heteroatoms. The highest BCUT2D eigenvalue weighted by Gasteiger charge is 2.16. The van der Waals surface area contributed by atoms with Crippen LogP contribution in [0.5, 0.6) is 0 Å². The molecule has 3 aromatic rings.